The summed E-state index contributed by atoms with van der Waals surface area (Å²) in [5.41, 5.74) is 3.30. The Kier molecular flexibility index (Phi) is 3.87. The Morgan fingerprint density at radius 1 is 0.909 bits per heavy atom. The van der Waals surface area contributed by atoms with Crippen LogP contribution in [0.1, 0.15) is 21.7 Å². The number of carboxylic acid groups (broad SMARTS) is 1. The van der Waals surface area contributed by atoms with Gasteiger partial charge in [-0.05, 0) is 36.4 Å². The first-order valence-corrected chi connectivity index (χ1v) is 6.78. The van der Waals surface area contributed by atoms with Crippen LogP contribution < -0.4 is 0 Å². The van der Waals surface area contributed by atoms with E-state index in [9.17, 15) is 4.79 Å². The third-order valence-corrected chi connectivity index (χ3v) is 3.16. The molecule has 0 amide bonds. The van der Waals surface area contributed by atoms with Crippen LogP contribution in [-0.2, 0) is 6.42 Å². The van der Waals surface area contributed by atoms with E-state index < -0.39 is 5.97 Å². The van der Waals surface area contributed by atoms with Crippen molar-refractivity contribution >= 4 is 5.97 Å². The van der Waals surface area contributed by atoms with Crippen LogP contribution >= 0.6 is 0 Å². The van der Waals surface area contributed by atoms with Crippen molar-refractivity contribution in [3.8, 4) is 11.4 Å². The van der Waals surface area contributed by atoms with E-state index in [4.69, 9.17) is 5.11 Å². The molecule has 5 heteroatoms. The average molecular weight is 291 g/mol. The Hall–Kier alpha value is -3.08. The molecule has 0 atom stereocenters. The number of hydrogen-bond acceptors (Lipinski definition) is 4. The van der Waals surface area contributed by atoms with Gasteiger partial charge in [0.25, 0.3) is 0 Å². The number of pyridine rings is 3. The predicted molar refractivity (Wildman–Crippen MR) is 81.5 cm³/mol. The molecule has 108 valence electrons. The summed E-state index contributed by atoms with van der Waals surface area (Å²) in [5, 5.41) is 9.02. The largest absolute Gasteiger partial charge is 0.478 e. The quantitative estimate of drug-likeness (QED) is 0.800. The van der Waals surface area contributed by atoms with Crippen molar-refractivity contribution in [1.82, 2.24) is 15.0 Å². The van der Waals surface area contributed by atoms with Crippen LogP contribution in [0.25, 0.3) is 11.4 Å². The third kappa shape index (κ3) is 3.15. The highest BCUT2D eigenvalue weighted by Crippen LogP contribution is 2.15. The van der Waals surface area contributed by atoms with Gasteiger partial charge in [0.15, 0.2) is 0 Å². The van der Waals surface area contributed by atoms with Crippen LogP contribution in [0.2, 0.25) is 0 Å². The summed E-state index contributed by atoms with van der Waals surface area (Å²) in [6.45, 7) is 0. The van der Waals surface area contributed by atoms with Gasteiger partial charge < -0.3 is 5.11 Å². The molecule has 0 radical (unpaired) electrons. The second-order valence-corrected chi connectivity index (χ2v) is 4.75. The summed E-state index contributed by atoms with van der Waals surface area (Å²) in [7, 11) is 0. The maximum absolute atomic E-state index is 11.0. The van der Waals surface area contributed by atoms with Gasteiger partial charge in [-0.2, -0.15) is 0 Å². The van der Waals surface area contributed by atoms with Crippen molar-refractivity contribution in [1.29, 1.82) is 0 Å². The number of aromatic nitrogens is 3. The molecule has 5 nitrogen and oxygen atoms in total. The smallest absolute Gasteiger partial charge is 0.335 e. The van der Waals surface area contributed by atoms with Gasteiger partial charge in [0, 0.05) is 30.2 Å². The molecule has 0 spiro atoms. The number of carbonyl (C=O) groups is 1. The van der Waals surface area contributed by atoms with E-state index >= 15 is 0 Å². The standard InChI is InChI=1S/C17H13N3O2/c21-17(22)12-7-9-18-14(10-12)11-13-4-3-6-16(20-13)15-5-1-2-8-19-15/h1-10H,11H2,(H,21,22). The van der Waals surface area contributed by atoms with Crippen molar-refractivity contribution < 1.29 is 9.90 Å². The maximum atomic E-state index is 11.0. The molecule has 0 saturated heterocycles. The zero-order valence-corrected chi connectivity index (χ0v) is 11.7. The SMILES string of the molecule is O=C(O)c1ccnc(Cc2cccc(-c3ccccn3)n2)c1. The van der Waals surface area contributed by atoms with Gasteiger partial charge in [-0.3, -0.25) is 15.0 Å². The molecule has 3 rings (SSSR count). The zero-order valence-electron chi connectivity index (χ0n) is 11.7. The van der Waals surface area contributed by atoms with Gasteiger partial charge in [0.2, 0.25) is 0 Å². The molecule has 0 aliphatic heterocycles. The molecule has 3 heterocycles. The fourth-order valence-electron chi connectivity index (χ4n) is 2.13. The van der Waals surface area contributed by atoms with Crippen molar-refractivity contribution in [2.45, 2.75) is 6.42 Å². The number of carboxylic acids is 1. The number of aromatic carboxylic acids is 1. The van der Waals surface area contributed by atoms with E-state index in [0.717, 1.165) is 17.1 Å². The minimum atomic E-state index is -0.959. The summed E-state index contributed by atoms with van der Waals surface area (Å²) in [6.07, 6.45) is 3.70. The van der Waals surface area contributed by atoms with Gasteiger partial charge >= 0.3 is 5.97 Å². The first-order valence-electron chi connectivity index (χ1n) is 6.78. The van der Waals surface area contributed by atoms with E-state index in [1.165, 1.54) is 12.3 Å². The van der Waals surface area contributed by atoms with Crippen molar-refractivity contribution in [3.63, 3.8) is 0 Å². The van der Waals surface area contributed by atoms with Gasteiger partial charge in [0.05, 0.1) is 17.0 Å². The maximum Gasteiger partial charge on any atom is 0.335 e. The summed E-state index contributed by atoms with van der Waals surface area (Å²) in [5.74, 6) is -0.959. The lowest BCUT2D eigenvalue weighted by molar-refractivity contribution is 0.0696. The molecule has 0 fully saturated rings. The molecular formula is C17H13N3O2. The Bertz CT molecular complexity index is 804. The highest BCUT2D eigenvalue weighted by molar-refractivity contribution is 5.87. The molecule has 3 aromatic rings. The summed E-state index contributed by atoms with van der Waals surface area (Å²) >= 11 is 0. The van der Waals surface area contributed by atoms with E-state index in [1.54, 1.807) is 12.3 Å². The Morgan fingerprint density at radius 2 is 1.77 bits per heavy atom. The lowest BCUT2D eigenvalue weighted by Gasteiger charge is -2.05. The number of hydrogen-bond donors (Lipinski definition) is 1. The van der Waals surface area contributed by atoms with E-state index in [2.05, 4.69) is 15.0 Å². The third-order valence-electron chi connectivity index (χ3n) is 3.16. The van der Waals surface area contributed by atoms with Crippen LogP contribution in [0.3, 0.4) is 0 Å². The van der Waals surface area contributed by atoms with Crippen molar-refractivity contribution in [3.05, 3.63) is 77.9 Å². The number of nitrogens with zero attached hydrogens (tertiary/aromatic N) is 3. The van der Waals surface area contributed by atoms with E-state index in [0.29, 0.717) is 12.1 Å². The second kappa shape index (κ2) is 6.13. The number of rotatable bonds is 4. The van der Waals surface area contributed by atoms with Gasteiger partial charge in [-0.1, -0.05) is 12.1 Å². The molecule has 3 aromatic heterocycles. The van der Waals surface area contributed by atoms with Crippen LogP contribution in [0, 0.1) is 0 Å². The lowest BCUT2D eigenvalue weighted by Crippen LogP contribution is -2.01. The van der Waals surface area contributed by atoms with Gasteiger partial charge in [0.1, 0.15) is 0 Å². The molecule has 0 aromatic carbocycles. The fraction of sp³-hybridized carbons (Fsp3) is 0.0588. The molecule has 22 heavy (non-hydrogen) atoms. The summed E-state index contributed by atoms with van der Waals surface area (Å²) in [4.78, 5) is 24.0. The molecule has 0 bridgehead atoms. The average Bonchev–Trinajstić information content (AvgIpc) is 2.56. The molecular weight excluding hydrogens is 278 g/mol. The second-order valence-electron chi connectivity index (χ2n) is 4.75. The Morgan fingerprint density at radius 3 is 2.55 bits per heavy atom. The molecule has 0 aliphatic rings. The fourth-order valence-corrected chi connectivity index (χ4v) is 2.13. The van der Waals surface area contributed by atoms with Crippen LogP contribution in [0.15, 0.2) is 60.9 Å². The van der Waals surface area contributed by atoms with E-state index in [1.807, 2.05) is 36.4 Å². The molecule has 0 aliphatic carbocycles. The Labute approximate surface area is 127 Å². The summed E-state index contributed by atoms with van der Waals surface area (Å²) < 4.78 is 0. The van der Waals surface area contributed by atoms with Gasteiger partial charge in [-0.25, -0.2) is 4.79 Å². The van der Waals surface area contributed by atoms with Crippen LogP contribution in [0.5, 0.6) is 0 Å². The van der Waals surface area contributed by atoms with Crippen molar-refractivity contribution in [2.24, 2.45) is 0 Å². The van der Waals surface area contributed by atoms with Crippen molar-refractivity contribution in [2.75, 3.05) is 0 Å². The zero-order chi connectivity index (χ0) is 15.4. The minimum absolute atomic E-state index is 0.228. The van der Waals surface area contributed by atoms with Crippen LogP contribution in [-0.4, -0.2) is 26.0 Å². The van der Waals surface area contributed by atoms with E-state index in [-0.39, 0.29) is 5.56 Å². The molecule has 0 unspecified atom stereocenters. The minimum Gasteiger partial charge on any atom is -0.478 e. The first kappa shape index (κ1) is 13.9. The van der Waals surface area contributed by atoms with Crippen LogP contribution in [0.4, 0.5) is 0 Å². The Balaban J connectivity index is 1.87. The molecule has 0 saturated carbocycles. The monoisotopic (exact) mass is 291 g/mol. The highest BCUT2D eigenvalue weighted by atomic mass is 16.4. The van der Waals surface area contributed by atoms with Gasteiger partial charge in [-0.15, -0.1) is 0 Å². The normalized spacial score (nSPS) is 10.4. The lowest BCUT2D eigenvalue weighted by atomic mass is 10.1. The topological polar surface area (TPSA) is 76.0 Å². The predicted octanol–water partition coefficient (Wildman–Crippen LogP) is 2.83. The highest BCUT2D eigenvalue weighted by Gasteiger charge is 2.07. The first-order chi connectivity index (χ1) is 10.7. The summed E-state index contributed by atoms with van der Waals surface area (Å²) in [6, 6.07) is 14.4. The molecule has 1 N–H and O–H groups in total.